The van der Waals surface area contributed by atoms with Gasteiger partial charge in [-0.3, -0.25) is 9.69 Å². The van der Waals surface area contributed by atoms with Crippen molar-refractivity contribution in [2.45, 2.75) is 38.8 Å². The van der Waals surface area contributed by atoms with Crippen molar-refractivity contribution < 1.29 is 4.74 Å². The Balaban J connectivity index is 1.37. The van der Waals surface area contributed by atoms with E-state index in [1.54, 1.807) is 0 Å². The summed E-state index contributed by atoms with van der Waals surface area (Å²) in [5, 5.41) is 8.60. The van der Waals surface area contributed by atoms with E-state index in [-0.39, 0.29) is 5.56 Å². The zero-order valence-electron chi connectivity index (χ0n) is 17.1. The number of aromatic nitrogens is 3. The van der Waals surface area contributed by atoms with Gasteiger partial charge in [0.15, 0.2) is 5.82 Å². The molecule has 2 aromatic heterocycles. The van der Waals surface area contributed by atoms with E-state index in [0.717, 1.165) is 82.4 Å². The van der Waals surface area contributed by atoms with Gasteiger partial charge in [0, 0.05) is 63.1 Å². The molecular weight excluding hydrogens is 366 g/mol. The van der Waals surface area contributed by atoms with Crippen molar-refractivity contribution in [1.29, 1.82) is 0 Å². The first-order valence-electron chi connectivity index (χ1n) is 10.8. The van der Waals surface area contributed by atoms with E-state index in [4.69, 9.17) is 4.74 Å². The normalized spacial score (nSPS) is 24.8. The first-order valence-corrected chi connectivity index (χ1v) is 10.8. The SMILES string of the molecule is Cc1ccc(N2C[C@@H]3C[C@H](C2)c2ccc(CN4CCCOCC4)c(=O)n2C3)nn1. The van der Waals surface area contributed by atoms with E-state index in [1.165, 1.54) is 5.69 Å². The molecule has 5 heterocycles. The number of hydrogen-bond donors (Lipinski definition) is 0. The molecule has 2 aromatic rings. The molecule has 2 atom stereocenters. The smallest absolute Gasteiger partial charge is 0.255 e. The molecule has 0 N–H and O–H groups in total. The molecule has 3 aliphatic rings. The molecule has 0 unspecified atom stereocenters. The molecule has 2 saturated heterocycles. The molecule has 0 aliphatic carbocycles. The highest BCUT2D eigenvalue weighted by molar-refractivity contribution is 5.40. The van der Waals surface area contributed by atoms with Gasteiger partial charge in [-0.15, -0.1) is 5.10 Å². The maximum atomic E-state index is 13.3. The lowest BCUT2D eigenvalue weighted by molar-refractivity contribution is 0.140. The van der Waals surface area contributed by atoms with Gasteiger partial charge in [0.25, 0.3) is 5.56 Å². The minimum atomic E-state index is 0.200. The Bertz CT molecular complexity index is 918. The quantitative estimate of drug-likeness (QED) is 0.790. The van der Waals surface area contributed by atoms with Gasteiger partial charge in [-0.1, -0.05) is 6.07 Å². The van der Waals surface area contributed by atoms with E-state index in [1.807, 2.05) is 13.0 Å². The number of hydrogen-bond acceptors (Lipinski definition) is 6. The van der Waals surface area contributed by atoms with Crippen LogP contribution in [0.25, 0.3) is 0 Å². The van der Waals surface area contributed by atoms with Crippen LogP contribution in [0.4, 0.5) is 5.82 Å². The summed E-state index contributed by atoms with van der Waals surface area (Å²) in [6, 6.07) is 8.33. The van der Waals surface area contributed by atoms with Gasteiger partial charge in [0.05, 0.1) is 12.3 Å². The van der Waals surface area contributed by atoms with Crippen molar-refractivity contribution >= 4 is 5.82 Å². The van der Waals surface area contributed by atoms with Crippen LogP contribution in [-0.4, -0.2) is 59.1 Å². The molecule has 29 heavy (non-hydrogen) atoms. The fourth-order valence-electron chi connectivity index (χ4n) is 5.06. The molecule has 0 amide bonds. The highest BCUT2D eigenvalue weighted by Gasteiger charge is 2.35. The lowest BCUT2D eigenvalue weighted by Gasteiger charge is -2.43. The van der Waals surface area contributed by atoms with Gasteiger partial charge < -0.3 is 14.2 Å². The first-order chi connectivity index (χ1) is 14.2. The van der Waals surface area contributed by atoms with Crippen molar-refractivity contribution in [3.05, 3.63) is 51.6 Å². The Morgan fingerprint density at radius 3 is 2.86 bits per heavy atom. The second-order valence-corrected chi connectivity index (χ2v) is 8.68. The zero-order chi connectivity index (χ0) is 19.8. The van der Waals surface area contributed by atoms with Gasteiger partial charge in [-0.25, -0.2) is 0 Å². The molecule has 154 valence electrons. The molecule has 0 aromatic carbocycles. The summed E-state index contributed by atoms with van der Waals surface area (Å²) in [4.78, 5) is 17.9. The van der Waals surface area contributed by atoms with E-state index in [2.05, 4.69) is 42.8 Å². The number of aryl methyl sites for hydroxylation is 1. The minimum absolute atomic E-state index is 0.200. The van der Waals surface area contributed by atoms with Gasteiger partial charge >= 0.3 is 0 Å². The van der Waals surface area contributed by atoms with Crippen molar-refractivity contribution in [3.8, 4) is 0 Å². The third-order valence-electron chi connectivity index (χ3n) is 6.50. The molecule has 3 aliphatic heterocycles. The Kier molecular flexibility index (Phi) is 5.09. The summed E-state index contributed by atoms with van der Waals surface area (Å²) in [5.41, 5.74) is 3.23. The molecular formula is C22H29N5O2. The van der Waals surface area contributed by atoms with E-state index in [9.17, 15) is 4.79 Å². The third kappa shape index (κ3) is 3.81. The summed E-state index contributed by atoms with van der Waals surface area (Å²) in [5.74, 6) is 1.80. The Morgan fingerprint density at radius 2 is 2.00 bits per heavy atom. The summed E-state index contributed by atoms with van der Waals surface area (Å²) >= 11 is 0. The van der Waals surface area contributed by atoms with Crippen LogP contribution in [0.5, 0.6) is 0 Å². The lowest BCUT2D eigenvalue weighted by atomic mass is 9.83. The summed E-state index contributed by atoms with van der Waals surface area (Å²) in [6.07, 6.45) is 2.19. The van der Waals surface area contributed by atoms with Crippen LogP contribution >= 0.6 is 0 Å². The van der Waals surface area contributed by atoms with Gasteiger partial charge in [0.2, 0.25) is 0 Å². The lowest BCUT2D eigenvalue weighted by Crippen LogP contribution is -2.48. The molecule has 2 fully saturated rings. The second kappa shape index (κ2) is 7.88. The molecule has 7 nitrogen and oxygen atoms in total. The fraction of sp³-hybridized carbons (Fsp3) is 0.591. The first kappa shape index (κ1) is 18.8. The predicted molar refractivity (Wildman–Crippen MR) is 111 cm³/mol. The van der Waals surface area contributed by atoms with Crippen LogP contribution < -0.4 is 10.5 Å². The van der Waals surface area contributed by atoms with Gasteiger partial charge in [-0.2, -0.15) is 5.10 Å². The molecule has 0 radical (unpaired) electrons. The highest BCUT2D eigenvalue weighted by atomic mass is 16.5. The minimum Gasteiger partial charge on any atom is -0.380 e. The molecule has 5 rings (SSSR count). The van der Waals surface area contributed by atoms with E-state index in [0.29, 0.717) is 11.8 Å². The maximum Gasteiger partial charge on any atom is 0.255 e. The van der Waals surface area contributed by atoms with E-state index < -0.39 is 0 Å². The van der Waals surface area contributed by atoms with Crippen LogP contribution in [0.1, 0.15) is 35.7 Å². The number of nitrogens with zero attached hydrogens (tertiary/aromatic N) is 5. The van der Waals surface area contributed by atoms with Gasteiger partial charge in [-0.05, 0) is 43.9 Å². The van der Waals surface area contributed by atoms with Crippen LogP contribution in [0, 0.1) is 12.8 Å². The monoisotopic (exact) mass is 395 g/mol. The standard InChI is InChI=1S/C22H29N5O2/c1-16-3-6-21(24-23-16)26-12-17-11-19(15-26)20-5-4-18(22(28)27(20)13-17)14-25-7-2-9-29-10-8-25/h3-6,17,19H,2,7-15H2,1H3/t17-,19+/m0/s1. The second-order valence-electron chi connectivity index (χ2n) is 8.68. The van der Waals surface area contributed by atoms with E-state index >= 15 is 0 Å². The van der Waals surface area contributed by atoms with Crippen LogP contribution in [0.3, 0.4) is 0 Å². The van der Waals surface area contributed by atoms with Crippen LogP contribution in [0.2, 0.25) is 0 Å². The highest BCUT2D eigenvalue weighted by Crippen LogP contribution is 2.36. The fourth-order valence-corrected chi connectivity index (χ4v) is 5.06. The Hall–Kier alpha value is -2.25. The van der Waals surface area contributed by atoms with Crippen molar-refractivity contribution in [2.24, 2.45) is 5.92 Å². The van der Waals surface area contributed by atoms with Crippen molar-refractivity contribution in [2.75, 3.05) is 44.3 Å². The average molecular weight is 396 g/mol. The number of anilines is 1. The largest absolute Gasteiger partial charge is 0.380 e. The molecule has 0 saturated carbocycles. The topological polar surface area (TPSA) is 63.5 Å². The molecule has 2 bridgehead atoms. The number of piperidine rings is 1. The summed E-state index contributed by atoms with van der Waals surface area (Å²) in [6.45, 7) is 8.81. The Morgan fingerprint density at radius 1 is 1.07 bits per heavy atom. The van der Waals surface area contributed by atoms with Crippen molar-refractivity contribution in [1.82, 2.24) is 19.7 Å². The number of pyridine rings is 1. The summed E-state index contributed by atoms with van der Waals surface area (Å²) in [7, 11) is 0. The molecule has 7 heteroatoms. The number of ether oxygens (including phenoxy) is 1. The van der Waals surface area contributed by atoms with Crippen molar-refractivity contribution in [3.63, 3.8) is 0 Å². The Labute approximate surface area is 171 Å². The van der Waals surface area contributed by atoms with Crippen LogP contribution in [-0.2, 0) is 17.8 Å². The third-order valence-corrected chi connectivity index (χ3v) is 6.50. The number of fused-ring (bicyclic) bond motifs is 4. The molecule has 0 spiro atoms. The maximum absolute atomic E-state index is 13.3. The summed E-state index contributed by atoms with van der Waals surface area (Å²) < 4.78 is 7.60. The van der Waals surface area contributed by atoms with Crippen LogP contribution in [0.15, 0.2) is 29.1 Å². The predicted octanol–water partition coefficient (Wildman–Crippen LogP) is 1.79. The average Bonchev–Trinajstić information content (AvgIpc) is 3.00. The van der Waals surface area contributed by atoms with Gasteiger partial charge in [0.1, 0.15) is 0 Å². The number of rotatable bonds is 3. The zero-order valence-corrected chi connectivity index (χ0v) is 17.1.